The highest BCUT2D eigenvalue weighted by atomic mass is 16.6. The lowest BCUT2D eigenvalue weighted by atomic mass is 10.0. The highest BCUT2D eigenvalue weighted by Gasteiger charge is 2.28. The van der Waals surface area contributed by atoms with E-state index in [1.165, 1.54) is 0 Å². The zero-order chi connectivity index (χ0) is 21.2. The van der Waals surface area contributed by atoms with Crippen molar-refractivity contribution in [3.63, 3.8) is 0 Å². The molecular formula is C22H29N3O4. The summed E-state index contributed by atoms with van der Waals surface area (Å²) in [4.78, 5) is 31.3. The third kappa shape index (κ3) is 5.16. The van der Waals surface area contributed by atoms with Crippen molar-refractivity contribution in [2.75, 3.05) is 20.2 Å². The van der Waals surface area contributed by atoms with E-state index in [1.807, 2.05) is 52.0 Å². The summed E-state index contributed by atoms with van der Waals surface area (Å²) in [6.45, 7) is 8.53. The predicted molar refractivity (Wildman–Crippen MR) is 111 cm³/mol. The molecule has 1 aromatic heterocycles. The number of carbonyl (C=O) groups excluding carboxylic acids is 2. The summed E-state index contributed by atoms with van der Waals surface area (Å²) >= 11 is 0. The Kier molecular flexibility index (Phi) is 5.96. The number of aromatic nitrogens is 1. The number of nitrogens with zero attached hydrogens (tertiary/aromatic N) is 2. The fourth-order valence-electron chi connectivity index (χ4n) is 3.40. The minimum Gasteiger partial charge on any atom is -0.497 e. The van der Waals surface area contributed by atoms with E-state index in [0.717, 1.165) is 16.7 Å². The van der Waals surface area contributed by atoms with Crippen molar-refractivity contribution < 1.29 is 19.1 Å². The van der Waals surface area contributed by atoms with Gasteiger partial charge in [-0.2, -0.15) is 0 Å². The van der Waals surface area contributed by atoms with Crippen LogP contribution in [0, 0.1) is 6.92 Å². The zero-order valence-corrected chi connectivity index (χ0v) is 17.7. The van der Waals surface area contributed by atoms with Gasteiger partial charge in [-0.1, -0.05) is 0 Å². The molecule has 3 rings (SSSR count). The lowest BCUT2D eigenvalue weighted by Crippen LogP contribution is -2.47. The number of carbonyl (C=O) groups is 2. The van der Waals surface area contributed by atoms with Crippen LogP contribution in [0.25, 0.3) is 10.9 Å². The molecule has 7 nitrogen and oxygen atoms in total. The van der Waals surface area contributed by atoms with Gasteiger partial charge in [-0.15, -0.1) is 0 Å². The highest BCUT2D eigenvalue weighted by Crippen LogP contribution is 2.22. The first-order valence-electron chi connectivity index (χ1n) is 9.90. The van der Waals surface area contributed by atoms with Gasteiger partial charge in [0, 0.05) is 30.6 Å². The van der Waals surface area contributed by atoms with Crippen molar-refractivity contribution in [1.29, 1.82) is 0 Å². The van der Waals surface area contributed by atoms with Gasteiger partial charge in [0.05, 0.1) is 23.9 Å². The van der Waals surface area contributed by atoms with Crippen LogP contribution in [-0.2, 0) is 4.74 Å². The van der Waals surface area contributed by atoms with Crippen LogP contribution in [-0.4, -0.2) is 53.7 Å². The molecule has 1 aliphatic rings. The Balaban J connectivity index is 1.62. The molecule has 2 aromatic rings. The molecule has 0 atom stereocenters. The van der Waals surface area contributed by atoms with Gasteiger partial charge in [-0.3, -0.25) is 9.78 Å². The van der Waals surface area contributed by atoms with E-state index in [-0.39, 0.29) is 18.0 Å². The van der Waals surface area contributed by atoms with E-state index < -0.39 is 5.60 Å². The smallest absolute Gasteiger partial charge is 0.410 e. The maximum absolute atomic E-state index is 12.8. The summed E-state index contributed by atoms with van der Waals surface area (Å²) in [5.41, 5.74) is 1.53. The van der Waals surface area contributed by atoms with Crippen molar-refractivity contribution in [2.45, 2.75) is 52.2 Å². The third-order valence-electron chi connectivity index (χ3n) is 4.94. The van der Waals surface area contributed by atoms with Gasteiger partial charge in [0.1, 0.15) is 11.4 Å². The van der Waals surface area contributed by atoms with Gasteiger partial charge in [-0.25, -0.2) is 4.79 Å². The van der Waals surface area contributed by atoms with Crippen LogP contribution in [0.2, 0.25) is 0 Å². The molecule has 1 aliphatic heterocycles. The molecule has 156 valence electrons. The number of methoxy groups -OCH3 is 1. The van der Waals surface area contributed by atoms with E-state index in [2.05, 4.69) is 10.3 Å². The Hall–Kier alpha value is -2.83. The van der Waals surface area contributed by atoms with Gasteiger partial charge in [-0.05, 0) is 58.7 Å². The Bertz CT molecular complexity index is 912. The molecule has 2 heterocycles. The largest absolute Gasteiger partial charge is 0.497 e. The molecule has 0 radical (unpaired) electrons. The maximum atomic E-state index is 12.8. The molecule has 1 fully saturated rings. The van der Waals surface area contributed by atoms with Crippen LogP contribution >= 0.6 is 0 Å². The SMILES string of the molecule is COc1ccc2cc(C(=O)NC3CCN(C(=O)OC(C)(C)C)CC3)c(C)nc2c1. The summed E-state index contributed by atoms with van der Waals surface area (Å²) in [7, 11) is 1.62. The molecule has 2 amide bonds. The minimum absolute atomic E-state index is 0.0205. The predicted octanol–water partition coefficient (Wildman–Crippen LogP) is 3.68. The second-order valence-corrected chi connectivity index (χ2v) is 8.40. The standard InChI is InChI=1S/C22H29N3O4/c1-14-18(12-15-6-7-17(28-5)13-19(15)23-14)20(26)24-16-8-10-25(11-9-16)21(27)29-22(2,3)4/h6-7,12-13,16H,8-11H2,1-5H3,(H,24,26). The van der Waals surface area contributed by atoms with Gasteiger partial charge < -0.3 is 19.7 Å². The van der Waals surface area contributed by atoms with E-state index in [1.54, 1.807) is 12.0 Å². The van der Waals surface area contributed by atoms with E-state index in [9.17, 15) is 9.59 Å². The summed E-state index contributed by atoms with van der Waals surface area (Å²) in [6.07, 6.45) is 1.09. The van der Waals surface area contributed by atoms with Crippen molar-refractivity contribution in [1.82, 2.24) is 15.2 Å². The molecule has 1 N–H and O–H groups in total. The molecule has 0 aliphatic carbocycles. The van der Waals surface area contributed by atoms with Crippen LogP contribution < -0.4 is 10.1 Å². The Morgan fingerprint density at radius 2 is 1.86 bits per heavy atom. The van der Waals surface area contributed by atoms with Crippen molar-refractivity contribution >= 4 is 22.9 Å². The molecule has 1 aromatic carbocycles. The average molecular weight is 399 g/mol. The molecule has 0 spiro atoms. The summed E-state index contributed by atoms with van der Waals surface area (Å²) in [5.74, 6) is 0.599. The first-order valence-corrected chi connectivity index (χ1v) is 9.90. The molecular weight excluding hydrogens is 370 g/mol. The van der Waals surface area contributed by atoms with Crippen molar-refractivity contribution in [3.8, 4) is 5.75 Å². The van der Waals surface area contributed by atoms with Gasteiger partial charge in [0.2, 0.25) is 0 Å². The number of rotatable bonds is 3. The van der Waals surface area contributed by atoms with Crippen LogP contribution in [0.15, 0.2) is 24.3 Å². The number of likely N-dealkylation sites (tertiary alicyclic amines) is 1. The molecule has 1 saturated heterocycles. The maximum Gasteiger partial charge on any atom is 0.410 e. The topological polar surface area (TPSA) is 80.8 Å². The monoisotopic (exact) mass is 399 g/mol. The highest BCUT2D eigenvalue weighted by molar-refractivity contribution is 5.99. The summed E-state index contributed by atoms with van der Waals surface area (Å²) in [6, 6.07) is 7.50. The van der Waals surface area contributed by atoms with E-state index in [0.29, 0.717) is 37.2 Å². The number of amides is 2. The first-order chi connectivity index (χ1) is 13.7. The number of hydrogen-bond donors (Lipinski definition) is 1. The number of fused-ring (bicyclic) bond motifs is 1. The van der Waals surface area contributed by atoms with Crippen LogP contribution in [0.5, 0.6) is 5.75 Å². The van der Waals surface area contributed by atoms with Crippen LogP contribution in [0.1, 0.15) is 49.7 Å². The number of nitrogens with one attached hydrogen (secondary N) is 1. The molecule has 0 unspecified atom stereocenters. The minimum atomic E-state index is -0.507. The van der Waals surface area contributed by atoms with Gasteiger partial charge >= 0.3 is 6.09 Å². The zero-order valence-electron chi connectivity index (χ0n) is 17.7. The third-order valence-corrected chi connectivity index (χ3v) is 4.94. The average Bonchev–Trinajstić information content (AvgIpc) is 2.66. The van der Waals surface area contributed by atoms with Gasteiger partial charge in [0.15, 0.2) is 0 Å². The summed E-state index contributed by atoms with van der Waals surface area (Å²) in [5, 5.41) is 3.98. The fraction of sp³-hybridized carbons (Fsp3) is 0.500. The Morgan fingerprint density at radius 3 is 2.48 bits per heavy atom. The quantitative estimate of drug-likeness (QED) is 0.852. The second-order valence-electron chi connectivity index (χ2n) is 8.40. The van der Waals surface area contributed by atoms with Crippen LogP contribution in [0.3, 0.4) is 0 Å². The fourth-order valence-corrected chi connectivity index (χ4v) is 3.40. The van der Waals surface area contributed by atoms with Gasteiger partial charge in [0.25, 0.3) is 5.91 Å². The molecule has 29 heavy (non-hydrogen) atoms. The number of hydrogen-bond acceptors (Lipinski definition) is 5. The van der Waals surface area contributed by atoms with E-state index in [4.69, 9.17) is 9.47 Å². The lowest BCUT2D eigenvalue weighted by molar-refractivity contribution is 0.0199. The van der Waals surface area contributed by atoms with Crippen molar-refractivity contribution in [2.24, 2.45) is 0 Å². The number of piperidine rings is 1. The lowest BCUT2D eigenvalue weighted by Gasteiger charge is -2.33. The molecule has 7 heteroatoms. The molecule has 0 saturated carbocycles. The normalized spacial score (nSPS) is 15.3. The Morgan fingerprint density at radius 1 is 1.17 bits per heavy atom. The number of ether oxygens (including phenoxy) is 2. The summed E-state index contributed by atoms with van der Waals surface area (Å²) < 4.78 is 10.7. The first kappa shape index (κ1) is 20.9. The molecule has 0 bridgehead atoms. The number of pyridine rings is 1. The van der Waals surface area contributed by atoms with Crippen molar-refractivity contribution in [3.05, 3.63) is 35.5 Å². The second kappa shape index (κ2) is 8.27. The van der Waals surface area contributed by atoms with Crippen LogP contribution in [0.4, 0.5) is 4.79 Å². The van der Waals surface area contributed by atoms with E-state index >= 15 is 0 Å². The number of aryl methyl sites for hydroxylation is 1. The number of benzene rings is 1. The Labute approximate surface area is 171 Å².